The number of rotatable bonds is 9. The standard InChI is InChI=1S/C30H26F3O3S2/c1-29(2,22-13-17-24(18-14-22)37-30(31,32)33)36-28(34)21-35-23-15-19-27(20-16-23)38(25-9-5-3-6-10-25)26-11-7-4-8-12-26/h3-20H,21H2,1-2H3/q+1. The number of alkyl halides is 3. The van der Waals surface area contributed by atoms with Crippen molar-refractivity contribution in [2.75, 3.05) is 6.61 Å². The molecule has 0 heterocycles. The molecule has 4 rings (SSSR count). The van der Waals surface area contributed by atoms with Gasteiger partial charge in [0.2, 0.25) is 0 Å². The SMILES string of the molecule is CC(C)(OC(=O)COc1ccc([S+](c2ccccc2)c2ccccc2)cc1)c1ccc(SC(F)(F)F)cc1. The Kier molecular flexibility index (Phi) is 8.74. The first-order chi connectivity index (χ1) is 18.1. The monoisotopic (exact) mass is 555 g/mol. The van der Waals surface area contributed by atoms with Gasteiger partial charge >= 0.3 is 11.5 Å². The fraction of sp³-hybridized carbons (Fsp3) is 0.167. The van der Waals surface area contributed by atoms with Gasteiger partial charge in [0.1, 0.15) is 11.4 Å². The summed E-state index contributed by atoms with van der Waals surface area (Å²) in [7, 11) is -0.289. The van der Waals surface area contributed by atoms with E-state index in [4.69, 9.17) is 9.47 Å². The molecule has 0 spiro atoms. The maximum absolute atomic E-state index is 12.6. The van der Waals surface area contributed by atoms with E-state index in [0.29, 0.717) is 11.3 Å². The van der Waals surface area contributed by atoms with Crippen molar-refractivity contribution in [1.82, 2.24) is 0 Å². The predicted molar refractivity (Wildman–Crippen MR) is 144 cm³/mol. The lowest BCUT2D eigenvalue weighted by Crippen LogP contribution is -2.28. The van der Waals surface area contributed by atoms with E-state index in [-0.39, 0.29) is 34.2 Å². The van der Waals surface area contributed by atoms with E-state index in [1.165, 1.54) is 34.1 Å². The van der Waals surface area contributed by atoms with E-state index in [2.05, 4.69) is 24.3 Å². The molecule has 38 heavy (non-hydrogen) atoms. The summed E-state index contributed by atoms with van der Waals surface area (Å²) in [5.41, 5.74) is -4.81. The summed E-state index contributed by atoms with van der Waals surface area (Å²) in [6.07, 6.45) is 0. The second-order valence-corrected chi connectivity index (χ2v) is 11.9. The molecule has 0 aliphatic carbocycles. The summed E-state index contributed by atoms with van der Waals surface area (Å²) < 4.78 is 49.0. The van der Waals surface area contributed by atoms with Crippen molar-refractivity contribution in [3.05, 3.63) is 115 Å². The van der Waals surface area contributed by atoms with Crippen LogP contribution in [0.5, 0.6) is 5.75 Å². The number of hydrogen-bond donors (Lipinski definition) is 0. The summed E-state index contributed by atoms with van der Waals surface area (Å²) in [5, 5.41) is 0. The highest BCUT2D eigenvalue weighted by molar-refractivity contribution is 8.00. The van der Waals surface area contributed by atoms with Gasteiger partial charge in [-0.1, -0.05) is 48.5 Å². The van der Waals surface area contributed by atoms with Crippen molar-refractivity contribution in [3.8, 4) is 5.75 Å². The normalized spacial score (nSPS) is 11.8. The van der Waals surface area contributed by atoms with Crippen LogP contribution in [0.15, 0.2) is 129 Å². The van der Waals surface area contributed by atoms with Crippen LogP contribution in [-0.4, -0.2) is 18.1 Å². The second-order valence-electron chi connectivity index (χ2n) is 8.75. The van der Waals surface area contributed by atoms with Crippen molar-refractivity contribution in [1.29, 1.82) is 0 Å². The van der Waals surface area contributed by atoms with Gasteiger partial charge in [-0.05, 0) is 91.8 Å². The van der Waals surface area contributed by atoms with Gasteiger partial charge in [-0.15, -0.1) is 0 Å². The third-order valence-corrected chi connectivity index (χ3v) is 8.50. The Morgan fingerprint density at radius 3 is 1.74 bits per heavy atom. The highest BCUT2D eigenvalue weighted by Gasteiger charge is 2.31. The zero-order valence-corrected chi connectivity index (χ0v) is 22.4. The highest BCUT2D eigenvalue weighted by atomic mass is 32.2. The fourth-order valence-corrected chi connectivity index (χ4v) is 6.39. The zero-order valence-electron chi connectivity index (χ0n) is 20.8. The summed E-state index contributed by atoms with van der Waals surface area (Å²) in [6, 6.07) is 34.0. The predicted octanol–water partition coefficient (Wildman–Crippen LogP) is 8.25. The van der Waals surface area contributed by atoms with Crippen LogP contribution in [0.4, 0.5) is 13.2 Å². The van der Waals surface area contributed by atoms with Gasteiger partial charge < -0.3 is 9.47 Å². The van der Waals surface area contributed by atoms with E-state index < -0.39 is 17.1 Å². The molecule has 0 atom stereocenters. The molecule has 8 heteroatoms. The van der Waals surface area contributed by atoms with Crippen LogP contribution in [0.2, 0.25) is 0 Å². The molecule has 3 nitrogen and oxygen atoms in total. The molecule has 0 fully saturated rings. The smallest absolute Gasteiger partial charge is 0.446 e. The van der Waals surface area contributed by atoms with Crippen molar-refractivity contribution < 1.29 is 27.4 Å². The molecule has 4 aromatic rings. The van der Waals surface area contributed by atoms with Gasteiger partial charge in [0.05, 0.1) is 10.9 Å². The number of ether oxygens (including phenoxy) is 2. The average Bonchev–Trinajstić information content (AvgIpc) is 2.89. The molecule has 0 aliphatic heterocycles. The molecule has 0 saturated carbocycles. The summed E-state index contributed by atoms with van der Waals surface area (Å²) in [6.45, 7) is 3.06. The Hall–Kier alpha value is -3.36. The molecule has 0 N–H and O–H groups in total. The molecular weight excluding hydrogens is 529 g/mol. The molecule has 4 aromatic carbocycles. The zero-order chi connectivity index (χ0) is 27.2. The van der Waals surface area contributed by atoms with Gasteiger partial charge in [-0.3, -0.25) is 0 Å². The molecule has 0 unspecified atom stereocenters. The number of esters is 1. The molecule has 0 saturated heterocycles. The first kappa shape index (κ1) is 27.7. The Morgan fingerprint density at radius 2 is 1.24 bits per heavy atom. The minimum Gasteiger partial charge on any atom is -0.482 e. The minimum absolute atomic E-state index is 0.0672. The van der Waals surface area contributed by atoms with Crippen LogP contribution in [-0.2, 0) is 26.0 Å². The first-order valence-corrected chi connectivity index (χ1v) is 13.8. The van der Waals surface area contributed by atoms with Gasteiger partial charge in [-0.2, -0.15) is 13.2 Å². The topological polar surface area (TPSA) is 35.5 Å². The van der Waals surface area contributed by atoms with Gasteiger partial charge in [0.15, 0.2) is 21.3 Å². The lowest BCUT2D eigenvalue weighted by atomic mass is 9.98. The van der Waals surface area contributed by atoms with E-state index in [1.54, 1.807) is 13.8 Å². The van der Waals surface area contributed by atoms with E-state index in [9.17, 15) is 18.0 Å². The minimum atomic E-state index is -4.36. The fourth-order valence-electron chi connectivity index (χ4n) is 3.77. The van der Waals surface area contributed by atoms with Crippen molar-refractivity contribution >= 4 is 28.6 Å². The van der Waals surface area contributed by atoms with Crippen LogP contribution in [0.3, 0.4) is 0 Å². The lowest BCUT2D eigenvalue weighted by Gasteiger charge is -2.26. The molecule has 196 valence electrons. The number of carbonyl (C=O) groups is 1. The maximum atomic E-state index is 12.6. The number of thioether (sulfide) groups is 1. The van der Waals surface area contributed by atoms with Crippen LogP contribution >= 0.6 is 11.8 Å². The molecule has 0 radical (unpaired) electrons. The van der Waals surface area contributed by atoms with Crippen LogP contribution in [0.1, 0.15) is 19.4 Å². The third-order valence-electron chi connectivity index (χ3n) is 5.53. The lowest BCUT2D eigenvalue weighted by molar-refractivity contribution is -0.159. The van der Waals surface area contributed by atoms with Gasteiger partial charge in [0.25, 0.3) is 0 Å². The van der Waals surface area contributed by atoms with Crippen molar-refractivity contribution in [2.24, 2.45) is 0 Å². The summed E-state index contributed by atoms with van der Waals surface area (Å²) in [4.78, 5) is 16.1. The number of hydrogen-bond acceptors (Lipinski definition) is 4. The average molecular weight is 556 g/mol. The Labute approximate surface area is 227 Å². The van der Waals surface area contributed by atoms with Crippen molar-refractivity contribution in [2.45, 2.75) is 44.5 Å². The highest BCUT2D eigenvalue weighted by Crippen LogP contribution is 2.38. The number of carbonyl (C=O) groups excluding carboxylic acids is 1. The summed E-state index contributed by atoms with van der Waals surface area (Å²) in [5.74, 6) is -0.0529. The molecule has 0 amide bonds. The summed E-state index contributed by atoms with van der Waals surface area (Å²) >= 11 is -0.188. The first-order valence-electron chi connectivity index (χ1n) is 11.8. The van der Waals surface area contributed by atoms with Crippen LogP contribution in [0.25, 0.3) is 0 Å². The second kappa shape index (κ2) is 12.0. The largest absolute Gasteiger partial charge is 0.482 e. The van der Waals surface area contributed by atoms with Crippen LogP contribution < -0.4 is 4.74 Å². The van der Waals surface area contributed by atoms with E-state index in [1.807, 2.05) is 60.7 Å². The van der Waals surface area contributed by atoms with Gasteiger partial charge in [0, 0.05) is 4.90 Å². The number of halogens is 3. The van der Waals surface area contributed by atoms with Crippen molar-refractivity contribution in [3.63, 3.8) is 0 Å². The Morgan fingerprint density at radius 1 is 0.737 bits per heavy atom. The Bertz CT molecular complexity index is 1290. The van der Waals surface area contributed by atoms with E-state index >= 15 is 0 Å². The van der Waals surface area contributed by atoms with Crippen LogP contribution in [0, 0.1) is 0 Å². The number of benzene rings is 4. The molecular formula is C30H26F3O3S2+. The van der Waals surface area contributed by atoms with E-state index in [0.717, 1.165) is 4.90 Å². The molecule has 0 aromatic heterocycles. The van der Waals surface area contributed by atoms with Gasteiger partial charge in [-0.25, -0.2) is 4.79 Å². The third kappa shape index (κ3) is 7.58. The molecule has 0 bridgehead atoms. The quantitative estimate of drug-likeness (QED) is 0.118. The Balaban J connectivity index is 1.38. The molecule has 0 aliphatic rings. The maximum Gasteiger partial charge on any atom is 0.446 e.